The van der Waals surface area contributed by atoms with Crippen LogP contribution in [-0.4, -0.2) is 33.5 Å². The highest BCUT2D eigenvalue weighted by Gasteiger charge is 2.28. The van der Waals surface area contributed by atoms with E-state index in [9.17, 15) is 4.79 Å². The summed E-state index contributed by atoms with van der Waals surface area (Å²) in [5.74, 6) is 2.23. The van der Waals surface area contributed by atoms with Crippen molar-refractivity contribution in [3.05, 3.63) is 78.6 Å². The summed E-state index contributed by atoms with van der Waals surface area (Å²) in [4.78, 5) is 17.4. The molecule has 178 valence electrons. The molecule has 5 rings (SSSR count). The summed E-state index contributed by atoms with van der Waals surface area (Å²) in [6, 6.07) is 23.5. The Kier molecular flexibility index (Phi) is 6.96. The predicted octanol–water partition coefficient (Wildman–Crippen LogP) is 5.81. The number of para-hydroxylation sites is 4. The van der Waals surface area contributed by atoms with Crippen LogP contribution in [0.2, 0.25) is 0 Å². The van der Waals surface area contributed by atoms with E-state index in [1.165, 1.54) is 11.8 Å². The SMILES string of the molecule is CCn1c(COc2ccccc2OC)nnc1SCC(=O)N1c2ccccc2Sc2ccccc21. The zero-order valence-electron chi connectivity index (χ0n) is 19.4. The zero-order valence-corrected chi connectivity index (χ0v) is 21.0. The lowest BCUT2D eigenvalue weighted by atomic mass is 10.2. The number of anilines is 2. The predicted molar refractivity (Wildman–Crippen MR) is 138 cm³/mol. The first-order valence-electron chi connectivity index (χ1n) is 11.2. The molecule has 7 nitrogen and oxygen atoms in total. The quantitative estimate of drug-likeness (QED) is 0.281. The van der Waals surface area contributed by atoms with Crippen LogP contribution in [0, 0.1) is 0 Å². The monoisotopic (exact) mass is 504 g/mol. The summed E-state index contributed by atoms with van der Waals surface area (Å²) in [6.07, 6.45) is 0. The number of carbonyl (C=O) groups is 1. The molecule has 0 saturated carbocycles. The standard InChI is InChI=1S/C26H24N4O3S2/c1-3-29-24(16-33-21-13-7-6-12-20(21)32-2)27-28-26(29)34-17-25(31)30-18-10-4-8-14-22(18)35-23-15-9-5-11-19(23)30/h4-15H,3,16-17H2,1-2H3. The number of hydrogen-bond acceptors (Lipinski definition) is 7. The molecule has 2 heterocycles. The molecule has 1 aliphatic rings. The molecule has 1 aromatic heterocycles. The fraction of sp³-hybridized carbons (Fsp3) is 0.192. The lowest BCUT2D eigenvalue weighted by Gasteiger charge is -2.30. The maximum Gasteiger partial charge on any atom is 0.242 e. The molecule has 3 aromatic carbocycles. The first kappa shape index (κ1) is 23.3. The minimum atomic E-state index is -0.00678. The third-order valence-corrected chi connectivity index (χ3v) is 7.62. The molecular weight excluding hydrogens is 480 g/mol. The molecule has 0 unspecified atom stereocenters. The van der Waals surface area contributed by atoms with E-state index in [0.717, 1.165) is 21.2 Å². The number of aromatic nitrogens is 3. The topological polar surface area (TPSA) is 69.5 Å². The Morgan fingerprint density at radius 3 is 2.20 bits per heavy atom. The van der Waals surface area contributed by atoms with E-state index in [1.54, 1.807) is 18.9 Å². The van der Waals surface area contributed by atoms with Crippen molar-refractivity contribution in [2.75, 3.05) is 17.8 Å². The average molecular weight is 505 g/mol. The van der Waals surface area contributed by atoms with Gasteiger partial charge in [0.2, 0.25) is 5.91 Å². The lowest BCUT2D eigenvalue weighted by Crippen LogP contribution is -2.30. The van der Waals surface area contributed by atoms with Gasteiger partial charge < -0.3 is 14.0 Å². The van der Waals surface area contributed by atoms with Crippen LogP contribution in [0.15, 0.2) is 87.7 Å². The number of hydrogen-bond donors (Lipinski definition) is 0. The number of benzene rings is 3. The third-order valence-electron chi connectivity index (χ3n) is 5.54. The van der Waals surface area contributed by atoms with E-state index < -0.39 is 0 Å². The van der Waals surface area contributed by atoms with Gasteiger partial charge in [-0.1, -0.05) is 59.9 Å². The summed E-state index contributed by atoms with van der Waals surface area (Å²) in [5, 5.41) is 9.34. The van der Waals surface area contributed by atoms with E-state index in [0.29, 0.717) is 29.0 Å². The second kappa shape index (κ2) is 10.5. The van der Waals surface area contributed by atoms with Gasteiger partial charge >= 0.3 is 0 Å². The van der Waals surface area contributed by atoms with Crippen LogP contribution < -0.4 is 14.4 Å². The molecule has 0 aliphatic carbocycles. The van der Waals surface area contributed by atoms with Gasteiger partial charge in [0.1, 0.15) is 6.61 Å². The van der Waals surface area contributed by atoms with Gasteiger partial charge in [-0.15, -0.1) is 10.2 Å². The first-order chi connectivity index (χ1) is 17.2. The van der Waals surface area contributed by atoms with E-state index in [4.69, 9.17) is 9.47 Å². The van der Waals surface area contributed by atoms with Crippen LogP contribution >= 0.6 is 23.5 Å². The summed E-state index contributed by atoms with van der Waals surface area (Å²) in [7, 11) is 1.61. The van der Waals surface area contributed by atoms with Crippen molar-refractivity contribution < 1.29 is 14.3 Å². The number of rotatable bonds is 8. The maximum atomic E-state index is 13.5. The lowest BCUT2D eigenvalue weighted by molar-refractivity contribution is -0.115. The number of carbonyl (C=O) groups excluding carboxylic acids is 1. The van der Waals surface area contributed by atoms with Crippen molar-refractivity contribution >= 4 is 40.8 Å². The van der Waals surface area contributed by atoms with E-state index >= 15 is 0 Å². The highest BCUT2D eigenvalue weighted by molar-refractivity contribution is 8.00. The van der Waals surface area contributed by atoms with Gasteiger partial charge in [-0.2, -0.15) is 0 Å². The van der Waals surface area contributed by atoms with Gasteiger partial charge in [-0.05, 0) is 43.3 Å². The molecule has 0 spiro atoms. The van der Waals surface area contributed by atoms with Crippen molar-refractivity contribution in [1.29, 1.82) is 0 Å². The largest absolute Gasteiger partial charge is 0.493 e. The molecule has 0 saturated heterocycles. The number of nitrogens with zero attached hydrogens (tertiary/aromatic N) is 4. The molecule has 0 radical (unpaired) electrons. The van der Waals surface area contributed by atoms with Crippen LogP contribution in [-0.2, 0) is 17.9 Å². The van der Waals surface area contributed by atoms with Gasteiger partial charge in [-0.3, -0.25) is 9.69 Å². The molecule has 0 N–H and O–H groups in total. The molecule has 0 bridgehead atoms. The summed E-state index contributed by atoms with van der Waals surface area (Å²) >= 11 is 3.07. The van der Waals surface area contributed by atoms with Crippen molar-refractivity contribution in [2.24, 2.45) is 0 Å². The van der Waals surface area contributed by atoms with E-state index in [-0.39, 0.29) is 18.3 Å². The molecule has 35 heavy (non-hydrogen) atoms. The van der Waals surface area contributed by atoms with Crippen LogP contribution in [0.1, 0.15) is 12.7 Å². The molecule has 1 amide bonds. The van der Waals surface area contributed by atoms with Gasteiger partial charge in [-0.25, -0.2) is 0 Å². The Bertz CT molecular complexity index is 1310. The molecule has 1 aliphatic heterocycles. The Balaban J connectivity index is 1.32. The smallest absolute Gasteiger partial charge is 0.242 e. The Hall–Kier alpha value is -3.43. The number of ether oxygens (including phenoxy) is 2. The fourth-order valence-corrected chi connectivity index (χ4v) is 5.82. The Morgan fingerprint density at radius 1 is 0.914 bits per heavy atom. The van der Waals surface area contributed by atoms with Gasteiger partial charge in [0.15, 0.2) is 22.5 Å². The minimum absolute atomic E-state index is 0.00678. The number of methoxy groups -OCH3 is 1. The van der Waals surface area contributed by atoms with Crippen molar-refractivity contribution in [1.82, 2.24) is 14.8 Å². The zero-order chi connectivity index (χ0) is 24.2. The second-order valence-corrected chi connectivity index (χ2v) is 9.66. The Labute approximate surface area is 212 Å². The van der Waals surface area contributed by atoms with Crippen LogP contribution in [0.4, 0.5) is 11.4 Å². The van der Waals surface area contributed by atoms with Gasteiger partial charge in [0.05, 0.1) is 24.2 Å². The highest BCUT2D eigenvalue weighted by Crippen LogP contribution is 2.48. The average Bonchev–Trinajstić information content (AvgIpc) is 3.30. The highest BCUT2D eigenvalue weighted by atomic mass is 32.2. The minimum Gasteiger partial charge on any atom is -0.493 e. The molecular formula is C26H24N4O3S2. The number of fused-ring (bicyclic) bond motifs is 2. The number of thioether (sulfide) groups is 1. The van der Waals surface area contributed by atoms with Crippen LogP contribution in [0.5, 0.6) is 11.5 Å². The van der Waals surface area contributed by atoms with Crippen LogP contribution in [0.25, 0.3) is 0 Å². The third kappa shape index (κ3) is 4.74. The second-order valence-electron chi connectivity index (χ2n) is 7.64. The van der Waals surface area contributed by atoms with E-state index in [2.05, 4.69) is 10.2 Å². The van der Waals surface area contributed by atoms with E-state index in [1.807, 2.05) is 89.2 Å². The summed E-state index contributed by atoms with van der Waals surface area (Å²) in [5.41, 5.74) is 1.81. The summed E-state index contributed by atoms with van der Waals surface area (Å²) in [6.45, 7) is 2.94. The first-order valence-corrected chi connectivity index (χ1v) is 13.0. The van der Waals surface area contributed by atoms with Gasteiger partial charge in [0, 0.05) is 16.3 Å². The van der Waals surface area contributed by atoms with Gasteiger partial charge in [0.25, 0.3) is 0 Å². The number of amides is 1. The van der Waals surface area contributed by atoms with Crippen LogP contribution in [0.3, 0.4) is 0 Å². The van der Waals surface area contributed by atoms with Crippen molar-refractivity contribution in [3.8, 4) is 11.5 Å². The van der Waals surface area contributed by atoms with Crippen molar-refractivity contribution in [3.63, 3.8) is 0 Å². The van der Waals surface area contributed by atoms with Crippen molar-refractivity contribution in [2.45, 2.75) is 35.0 Å². The molecule has 9 heteroatoms. The Morgan fingerprint density at radius 2 is 1.54 bits per heavy atom. The fourth-order valence-electron chi connectivity index (χ4n) is 3.89. The maximum absolute atomic E-state index is 13.5. The normalized spacial score (nSPS) is 12.1. The molecule has 0 atom stereocenters. The molecule has 4 aromatic rings. The molecule has 0 fully saturated rings. The summed E-state index contributed by atoms with van der Waals surface area (Å²) < 4.78 is 13.3.